The molecule has 5 aromatic carbocycles. The molecule has 0 saturated heterocycles. The molecule has 242 valence electrons. The third-order valence-electron chi connectivity index (χ3n) is 10.9. The van der Waals surface area contributed by atoms with Crippen molar-refractivity contribution in [2.24, 2.45) is 11.8 Å². The first-order valence-electron chi connectivity index (χ1n) is 17.9. The van der Waals surface area contributed by atoms with E-state index >= 15 is 0 Å². The Labute approximate surface area is 298 Å². The summed E-state index contributed by atoms with van der Waals surface area (Å²) in [5.74, 6) is 2.82. The topological polar surface area (TPSA) is 38.7 Å². The first-order valence-corrected chi connectivity index (χ1v) is 17.9. The molecule has 6 aromatic rings. The summed E-state index contributed by atoms with van der Waals surface area (Å²) < 4.78 is 0. The molecule has 0 spiro atoms. The van der Waals surface area contributed by atoms with Crippen LogP contribution in [-0.4, -0.2) is 15.0 Å². The number of benzene rings is 5. The number of rotatable bonds is 6. The number of allylic oxidation sites excluding steroid dienone is 10. The predicted octanol–water partition coefficient (Wildman–Crippen LogP) is 11.2. The maximum absolute atomic E-state index is 5.20. The van der Waals surface area contributed by atoms with Crippen molar-refractivity contribution in [2.45, 2.75) is 18.8 Å². The molecule has 4 aliphatic carbocycles. The van der Waals surface area contributed by atoms with Crippen LogP contribution >= 0.6 is 0 Å². The van der Waals surface area contributed by atoms with E-state index in [4.69, 9.17) is 15.0 Å². The van der Waals surface area contributed by atoms with Crippen LogP contribution in [0.3, 0.4) is 0 Å². The zero-order valence-corrected chi connectivity index (χ0v) is 28.4. The van der Waals surface area contributed by atoms with Crippen molar-refractivity contribution < 1.29 is 0 Å². The summed E-state index contributed by atoms with van der Waals surface area (Å²) in [4.78, 5) is 15.4. The van der Waals surface area contributed by atoms with Crippen LogP contribution < -0.4 is 0 Å². The number of nitrogens with zero attached hydrogens (tertiary/aromatic N) is 3. The van der Waals surface area contributed by atoms with E-state index in [1.807, 2.05) is 24.3 Å². The molecule has 3 nitrogen and oxygen atoms in total. The molecule has 2 unspecified atom stereocenters. The summed E-state index contributed by atoms with van der Waals surface area (Å²) in [6, 6.07) is 47.3. The van der Waals surface area contributed by atoms with Gasteiger partial charge in [0.2, 0.25) is 0 Å². The fourth-order valence-corrected chi connectivity index (χ4v) is 8.44. The van der Waals surface area contributed by atoms with E-state index in [-0.39, 0.29) is 0 Å². The zero-order chi connectivity index (χ0) is 33.9. The summed E-state index contributed by atoms with van der Waals surface area (Å²) in [5, 5.41) is 0. The van der Waals surface area contributed by atoms with E-state index in [1.54, 1.807) is 0 Å². The predicted molar refractivity (Wildman–Crippen MR) is 207 cm³/mol. The smallest absolute Gasteiger partial charge is 0.164 e. The molecule has 0 aliphatic heterocycles. The SMILES string of the molecule is CC1C=CC2=C(C1)c1ccc(-c3nc(-c4ccccc4)nc(-c4ccc(-c5ccccc5)cc4)n3)cc1C2(C1=CC=CC2=C[C@@H]21)c1ccccc1. The van der Waals surface area contributed by atoms with Gasteiger partial charge in [0.05, 0.1) is 5.41 Å². The van der Waals surface area contributed by atoms with Gasteiger partial charge >= 0.3 is 0 Å². The highest BCUT2D eigenvalue weighted by molar-refractivity contribution is 5.90. The third kappa shape index (κ3) is 4.84. The van der Waals surface area contributed by atoms with E-state index in [0.29, 0.717) is 29.3 Å². The van der Waals surface area contributed by atoms with Crippen molar-refractivity contribution in [3.8, 4) is 45.3 Å². The quantitative estimate of drug-likeness (QED) is 0.180. The molecule has 3 atom stereocenters. The van der Waals surface area contributed by atoms with Gasteiger partial charge in [0.15, 0.2) is 17.5 Å². The minimum Gasteiger partial charge on any atom is -0.208 e. The Morgan fingerprint density at radius 3 is 1.86 bits per heavy atom. The first kappa shape index (κ1) is 29.7. The summed E-state index contributed by atoms with van der Waals surface area (Å²) in [5.41, 5.74) is 14.5. The molecule has 1 heterocycles. The van der Waals surface area contributed by atoms with Crippen molar-refractivity contribution in [2.75, 3.05) is 0 Å². The average molecular weight is 654 g/mol. The van der Waals surface area contributed by atoms with Gasteiger partial charge in [-0.25, -0.2) is 15.0 Å². The van der Waals surface area contributed by atoms with Crippen molar-refractivity contribution in [3.05, 3.63) is 203 Å². The first-order chi connectivity index (χ1) is 25.2. The molecule has 4 aliphatic rings. The molecule has 0 amide bonds. The molecular weight excluding hydrogens is 619 g/mol. The number of hydrogen-bond donors (Lipinski definition) is 0. The highest BCUT2D eigenvalue weighted by Crippen LogP contribution is 2.62. The van der Waals surface area contributed by atoms with Crippen molar-refractivity contribution in [1.82, 2.24) is 15.0 Å². The molecule has 0 fully saturated rings. The normalized spacial score (nSPS) is 21.0. The van der Waals surface area contributed by atoms with E-state index in [9.17, 15) is 0 Å². The van der Waals surface area contributed by atoms with Crippen LogP contribution in [0.15, 0.2) is 187 Å². The summed E-state index contributed by atoms with van der Waals surface area (Å²) >= 11 is 0. The fraction of sp³-hybridized carbons (Fsp3) is 0.104. The van der Waals surface area contributed by atoms with E-state index in [2.05, 4.69) is 153 Å². The second kappa shape index (κ2) is 11.7. The minimum absolute atomic E-state index is 0.346. The molecule has 0 N–H and O–H groups in total. The van der Waals surface area contributed by atoms with E-state index < -0.39 is 5.41 Å². The second-order valence-electron chi connectivity index (χ2n) is 14.1. The number of aromatic nitrogens is 3. The van der Waals surface area contributed by atoms with Gasteiger partial charge in [-0.15, -0.1) is 0 Å². The van der Waals surface area contributed by atoms with Gasteiger partial charge in [-0.05, 0) is 68.5 Å². The summed E-state index contributed by atoms with van der Waals surface area (Å²) in [7, 11) is 0. The highest BCUT2D eigenvalue weighted by Gasteiger charge is 2.52. The van der Waals surface area contributed by atoms with Crippen LogP contribution in [0.25, 0.3) is 50.9 Å². The summed E-state index contributed by atoms with van der Waals surface area (Å²) in [6.45, 7) is 2.32. The lowest BCUT2D eigenvalue weighted by Crippen LogP contribution is -2.32. The van der Waals surface area contributed by atoms with Crippen LogP contribution in [0, 0.1) is 11.8 Å². The monoisotopic (exact) mass is 653 g/mol. The maximum atomic E-state index is 5.20. The zero-order valence-electron chi connectivity index (χ0n) is 28.4. The fourth-order valence-electron chi connectivity index (χ4n) is 8.44. The molecule has 3 heteroatoms. The Morgan fingerprint density at radius 1 is 0.588 bits per heavy atom. The van der Waals surface area contributed by atoms with E-state index in [0.717, 1.165) is 28.7 Å². The summed E-state index contributed by atoms with van der Waals surface area (Å²) in [6.07, 6.45) is 15.1. The van der Waals surface area contributed by atoms with Crippen LogP contribution in [-0.2, 0) is 5.41 Å². The highest BCUT2D eigenvalue weighted by atomic mass is 15.0. The lowest BCUT2D eigenvalue weighted by molar-refractivity contribution is 0.678. The Hall–Kier alpha value is -6.19. The van der Waals surface area contributed by atoms with E-state index in [1.165, 1.54) is 44.5 Å². The van der Waals surface area contributed by atoms with Crippen molar-refractivity contribution in [3.63, 3.8) is 0 Å². The molecule has 51 heavy (non-hydrogen) atoms. The largest absolute Gasteiger partial charge is 0.208 e. The molecule has 10 rings (SSSR count). The van der Waals surface area contributed by atoms with Gasteiger partial charge in [0.25, 0.3) is 0 Å². The van der Waals surface area contributed by atoms with Crippen molar-refractivity contribution >= 4 is 5.57 Å². The molecule has 0 radical (unpaired) electrons. The lowest BCUT2D eigenvalue weighted by atomic mass is 9.63. The van der Waals surface area contributed by atoms with Gasteiger partial charge in [0, 0.05) is 22.6 Å². The third-order valence-corrected chi connectivity index (χ3v) is 10.9. The van der Waals surface area contributed by atoms with Crippen LogP contribution in [0.4, 0.5) is 0 Å². The Kier molecular flexibility index (Phi) is 6.82. The second-order valence-corrected chi connectivity index (χ2v) is 14.1. The minimum atomic E-state index is -0.419. The number of fused-ring (bicyclic) bond motifs is 3. The van der Waals surface area contributed by atoms with Gasteiger partial charge in [-0.2, -0.15) is 0 Å². The Bertz CT molecular complexity index is 2490. The standard InChI is InChI=1S/C48H35N3/c1-31-20-27-43-41(28-31)39-26-25-37(30-44(39)48(43,38-17-9-4-10-18-38)42-19-11-16-36-29-40(36)42)47-50-45(34-14-7-3-8-15-34)49-46(51-47)35-23-21-33(22-24-35)32-12-5-2-6-13-32/h2-27,29-31,40H,28H2,1H3/t31?,40-,48?/m0/s1. The van der Waals surface area contributed by atoms with Gasteiger partial charge < -0.3 is 0 Å². The van der Waals surface area contributed by atoms with Crippen molar-refractivity contribution in [1.29, 1.82) is 0 Å². The van der Waals surface area contributed by atoms with Gasteiger partial charge in [-0.3, -0.25) is 0 Å². The molecule has 1 aromatic heterocycles. The Balaban J connectivity index is 1.17. The molecule has 0 bridgehead atoms. The lowest BCUT2D eigenvalue weighted by Gasteiger charge is -2.38. The molecular formula is C48H35N3. The number of hydrogen-bond acceptors (Lipinski definition) is 3. The van der Waals surface area contributed by atoms with Crippen LogP contribution in [0.1, 0.15) is 30.0 Å². The van der Waals surface area contributed by atoms with Gasteiger partial charge in [0.1, 0.15) is 0 Å². The van der Waals surface area contributed by atoms with Gasteiger partial charge in [-0.1, -0.05) is 171 Å². The van der Waals surface area contributed by atoms with Crippen LogP contribution in [0.5, 0.6) is 0 Å². The Morgan fingerprint density at radius 2 is 1.16 bits per heavy atom. The average Bonchev–Trinajstić information content (AvgIpc) is 3.95. The molecule has 0 saturated carbocycles. The maximum Gasteiger partial charge on any atom is 0.164 e. The van der Waals surface area contributed by atoms with Crippen LogP contribution in [0.2, 0.25) is 0 Å².